The Morgan fingerprint density at radius 1 is 1.25 bits per heavy atom. The van der Waals surface area contributed by atoms with E-state index in [9.17, 15) is 14.7 Å². The Hall–Kier alpha value is -2.06. The highest BCUT2D eigenvalue weighted by Crippen LogP contribution is 2.42. The fourth-order valence-corrected chi connectivity index (χ4v) is 4.58. The molecule has 1 N–H and O–H groups in total. The van der Waals surface area contributed by atoms with Crippen LogP contribution in [-0.4, -0.2) is 49.1 Å². The van der Waals surface area contributed by atoms with E-state index in [1.54, 1.807) is 0 Å². The highest BCUT2D eigenvalue weighted by atomic mass is 35.5. The summed E-state index contributed by atoms with van der Waals surface area (Å²) in [6.07, 6.45) is 0. The Kier molecular flexibility index (Phi) is 6.30. The second-order valence-electron chi connectivity index (χ2n) is 5.97. The van der Waals surface area contributed by atoms with Crippen LogP contribution in [0.4, 0.5) is 0 Å². The van der Waals surface area contributed by atoms with E-state index in [-0.39, 0.29) is 45.8 Å². The minimum Gasteiger partial charge on any atom is -0.507 e. The van der Waals surface area contributed by atoms with Gasteiger partial charge in [-0.3, -0.25) is 9.59 Å². The molecule has 0 aliphatic carbocycles. The molecule has 1 aliphatic heterocycles. The molecule has 9 heteroatoms. The molecule has 0 spiro atoms. The van der Waals surface area contributed by atoms with E-state index in [1.165, 1.54) is 42.6 Å². The molecule has 3 rings (SSSR count). The minimum atomic E-state index is -0.768. The molecule has 6 nitrogen and oxygen atoms in total. The zero-order valence-electron chi connectivity index (χ0n) is 15.1. The van der Waals surface area contributed by atoms with Crippen LogP contribution in [-0.2, 0) is 14.3 Å². The number of ether oxygens (including phenoxy) is 2. The SMILES string of the molecule is COCCN1C(=O)C(=O)/C(=C(\O)c2cc(Cl)c(OC)c(Cl)c2)C1c1cccs1. The number of hydrogen-bond acceptors (Lipinski definition) is 6. The smallest absolute Gasteiger partial charge is 0.295 e. The highest BCUT2D eigenvalue weighted by molar-refractivity contribution is 7.10. The molecule has 1 aliphatic rings. The molecule has 1 unspecified atom stereocenters. The van der Waals surface area contributed by atoms with E-state index in [0.29, 0.717) is 0 Å². The van der Waals surface area contributed by atoms with Gasteiger partial charge in [-0.1, -0.05) is 29.3 Å². The summed E-state index contributed by atoms with van der Waals surface area (Å²) in [5.74, 6) is -1.55. The van der Waals surface area contributed by atoms with Crippen LogP contribution in [0.25, 0.3) is 5.76 Å². The standard InChI is InChI=1S/C19H17Cl2NO5S/c1-26-6-5-22-15(13-4-3-7-28-13)14(17(24)19(22)25)16(23)10-8-11(20)18(27-2)12(21)9-10/h3-4,7-9,15,23H,5-6H2,1-2H3/b16-14-. The van der Waals surface area contributed by atoms with Crippen LogP contribution in [0.5, 0.6) is 5.75 Å². The van der Waals surface area contributed by atoms with Gasteiger partial charge in [-0.05, 0) is 23.6 Å². The van der Waals surface area contributed by atoms with Crippen LogP contribution in [0.15, 0.2) is 35.2 Å². The minimum absolute atomic E-state index is 0.0131. The predicted octanol–water partition coefficient (Wildman–Crippen LogP) is 4.13. The number of hydrogen-bond donors (Lipinski definition) is 1. The number of halogens is 2. The van der Waals surface area contributed by atoms with E-state index in [1.807, 2.05) is 17.5 Å². The average molecular weight is 442 g/mol. The molecule has 2 aromatic rings. The third-order valence-electron chi connectivity index (χ3n) is 4.36. The van der Waals surface area contributed by atoms with Gasteiger partial charge in [-0.25, -0.2) is 0 Å². The number of ketones is 1. The first kappa shape index (κ1) is 20.7. The number of carbonyl (C=O) groups excluding carboxylic acids is 2. The van der Waals surface area contributed by atoms with Crippen LogP contribution < -0.4 is 4.74 Å². The Morgan fingerprint density at radius 2 is 1.93 bits per heavy atom. The van der Waals surface area contributed by atoms with Gasteiger partial charge in [0.2, 0.25) is 0 Å². The van der Waals surface area contributed by atoms with Crippen LogP contribution >= 0.6 is 34.5 Å². The zero-order chi connectivity index (χ0) is 20.4. The van der Waals surface area contributed by atoms with Crippen molar-refractivity contribution < 1.29 is 24.2 Å². The monoisotopic (exact) mass is 441 g/mol. The lowest BCUT2D eigenvalue weighted by atomic mass is 10.00. The Balaban J connectivity index is 2.16. The van der Waals surface area contributed by atoms with E-state index < -0.39 is 17.7 Å². The Labute approximate surface area is 175 Å². The predicted molar refractivity (Wildman–Crippen MR) is 108 cm³/mol. The van der Waals surface area contributed by atoms with E-state index >= 15 is 0 Å². The number of aliphatic hydroxyl groups is 1. The molecule has 1 amide bonds. The van der Waals surface area contributed by atoms with Crippen molar-refractivity contribution in [3.05, 3.63) is 55.7 Å². The van der Waals surface area contributed by atoms with Crippen LogP contribution in [0, 0.1) is 0 Å². The molecular formula is C19H17Cl2NO5S. The number of Topliss-reactive ketones (excluding diaryl/α,β-unsaturated/α-hetero) is 1. The quantitative estimate of drug-likeness (QED) is 0.414. The largest absolute Gasteiger partial charge is 0.507 e. The summed E-state index contributed by atoms with van der Waals surface area (Å²) in [5.41, 5.74) is 0.211. The molecule has 148 valence electrons. The second-order valence-corrected chi connectivity index (χ2v) is 7.77. The van der Waals surface area contributed by atoms with Crippen molar-refractivity contribution in [2.75, 3.05) is 27.4 Å². The normalized spacial score (nSPS) is 18.7. The van der Waals surface area contributed by atoms with E-state index in [2.05, 4.69) is 0 Å². The number of rotatable bonds is 6. The lowest BCUT2D eigenvalue weighted by Gasteiger charge is -2.23. The van der Waals surface area contributed by atoms with Gasteiger partial charge in [-0.2, -0.15) is 0 Å². The zero-order valence-corrected chi connectivity index (χ0v) is 17.4. The van der Waals surface area contributed by atoms with Gasteiger partial charge < -0.3 is 19.5 Å². The number of aliphatic hydroxyl groups excluding tert-OH is 1. The van der Waals surface area contributed by atoms with Crippen molar-refractivity contribution in [3.63, 3.8) is 0 Å². The fourth-order valence-electron chi connectivity index (χ4n) is 3.09. The van der Waals surface area contributed by atoms with Crippen molar-refractivity contribution >= 4 is 52.0 Å². The van der Waals surface area contributed by atoms with E-state index in [4.69, 9.17) is 32.7 Å². The van der Waals surface area contributed by atoms with Gasteiger partial charge in [0.15, 0.2) is 5.75 Å². The molecular weight excluding hydrogens is 425 g/mol. The van der Waals surface area contributed by atoms with Gasteiger partial charge in [0.25, 0.3) is 11.7 Å². The molecule has 1 fully saturated rings. The van der Waals surface area contributed by atoms with Gasteiger partial charge in [0.05, 0.1) is 35.4 Å². The lowest BCUT2D eigenvalue weighted by Crippen LogP contribution is -2.32. The molecule has 2 heterocycles. The number of amides is 1. The van der Waals surface area contributed by atoms with Crippen molar-refractivity contribution in [2.45, 2.75) is 6.04 Å². The summed E-state index contributed by atoms with van der Waals surface area (Å²) in [7, 11) is 2.93. The third kappa shape index (κ3) is 3.63. The summed E-state index contributed by atoms with van der Waals surface area (Å²) in [4.78, 5) is 27.5. The average Bonchev–Trinajstić information content (AvgIpc) is 3.27. The number of methoxy groups -OCH3 is 2. The number of likely N-dealkylation sites (tertiary alicyclic amines) is 1. The summed E-state index contributed by atoms with van der Waals surface area (Å²) in [5, 5.41) is 13.1. The van der Waals surface area contributed by atoms with Crippen molar-refractivity contribution in [1.29, 1.82) is 0 Å². The molecule has 1 aromatic carbocycles. The number of carbonyl (C=O) groups is 2. The number of nitrogens with zero attached hydrogens (tertiary/aromatic N) is 1. The van der Waals surface area contributed by atoms with Gasteiger partial charge in [-0.15, -0.1) is 11.3 Å². The Morgan fingerprint density at radius 3 is 2.46 bits per heavy atom. The van der Waals surface area contributed by atoms with Crippen molar-refractivity contribution in [1.82, 2.24) is 4.90 Å². The second kappa shape index (κ2) is 8.53. The van der Waals surface area contributed by atoms with Crippen molar-refractivity contribution in [3.8, 4) is 5.75 Å². The highest BCUT2D eigenvalue weighted by Gasteiger charge is 2.46. The molecule has 1 atom stereocenters. The van der Waals surface area contributed by atoms with Crippen LogP contribution in [0.2, 0.25) is 10.0 Å². The van der Waals surface area contributed by atoms with Crippen LogP contribution in [0.1, 0.15) is 16.5 Å². The number of benzene rings is 1. The Bertz CT molecular complexity index is 919. The van der Waals surface area contributed by atoms with Gasteiger partial charge >= 0.3 is 0 Å². The molecule has 1 saturated heterocycles. The number of thiophene rings is 1. The van der Waals surface area contributed by atoms with Gasteiger partial charge in [0.1, 0.15) is 5.76 Å². The summed E-state index contributed by atoms with van der Waals surface area (Å²) in [6, 6.07) is 5.79. The summed E-state index contributed by atoms with van der Waals surface area (Å²) in [6.45, 7) is 0.472. The fraction of sp³-hybridized carbons (Fsp3) is 0.263. The van der Waals surface area contributed by atoms with E-state index in [0.717, 1.165) is 4.88 Å². The lowest BCUT2D eigenvalue weighted by molar-refractivity contribution is -0.140. The van der Waals surface area contributed by atoms with Crippen LogP contribution in [0.3, 0.4) is 0 Å². The first-order valence-electron chi connectivity index (χ1n) is 8.24. The first-order chi connectivity index (χ1) is 13.4. The maximum absolute atomic E-state index is 12.8. The molecule has 0 saturated carbocycles. The first-order valence-corrected chi connectivity index (χ1v) is 9.88. The molecule has 0 radical (unpaired) electrons. The van der Waals surface area contributed by atoms with Crippen molar-refractivity contribution in [2.24, 2.45) is 0 Å². The summed E-state index contributed by atoms with van der Waals surface area (Å²) < 4.78 is 10.2. The van der Waals surface area contributed by atoms with Gasteiger partial charge in [0, 0.05) is 24.1 Å². The maximum Gasteiger partial charge on any atom is 0.295 e. The molecule has 1 aromatic heterocycles. The maximum atomic E-state index is 12.8. The molecule has 28 heavy (non-hydrogen) atoms. The molecule has 0 bridgehead atoms. The summed E-state index contributed by atoms with van der Waals surface area (Å²) >= 11 is 13.7. The third-order valence-corrected chi connectivity index (χ3v) is 5.85. The topological polar surface area (TPSA) is 76.1 Å².